The van der Waals surface area contributed by atoms with Gasteiger partial charge in [0.2, 0.25) is 5.75 Å². The SMILES string of the molecule is COc1cc(CNC(=O)c2ccc3c(c2)CNCCCCCCCN3C(=O)c2ccncc2)cc(OC)c1OC. The van der Waals surface area contributed by atoms with Gasteiger partial charge in [-0.1, -0.05) is 19.3 Å². The second kappa shape index (κ2) is 14.3. The fourth-order valence-electron chi connectivity index (χ4n) is 4.91. The van der Waals surface area contributed by atoms with Gasteiger partial charge in [-0.15, -0.1) is 0 Å². The molecule has 9 nitrogen and oxygen atoms in total. The lowest BCUT2D eigenvalue weighted by Gasteiger charge is -2.27. The van der Waals surface area contributed by atoms with Gasteiger partial charge in [0.25, 0.3) is 11.8 Å². The number of benzene rings is 2. The smallest absolute Gasteiger partial charge is 0.258 e. The number of aromatic nitrogens is 1. The minimum atomic E-state index is -0.213. The van der Waals surface area contributed by atoms with Crippen molar-refractivity contribution in [2.24, 2.45) is 0 Å². The zero-order valence-electron chi connectivity index (χ0n) is 23.5. The molecule has 40 heavy (non-hydrogen) atoms. The number of anilines is 1. The van der Waals surface area contributed by atoms with Crippen molar-refractivity contribution < 1.29 is 23.8 Å². The molecule has 0 saturated carbocycles. The number of hydrogen-bond acceptors (Lipinski definition) is 7. The molecule has 0 aliphatic carbocycles. The number of carbonyl (C=O) groups is 2. The van der Waals surface area contributed by atoms with Crippen molar-refractivity contribution in [1.29, 1.82) is 0 Å². The molecule has 2 aromatic carbocycles. The van der Waals surface area contributed by atoms with Crippen LogP contribution in [-0.2, 0) is 13.1 Å². The van der Waals surface area contributed by atoms with E-state index in [-0.39, 0.29) is 18.4 Å². The van der Waals surface area contributed by atoms with Gasteiger partial charge in [0.15, 0.2) is 11.5 Å². The molecule has 2 heterocycles. The van der Waals surface area contributed by atoms with Crippen molar-refractivity contribution in [3.05, 3.63) is 77.1 Å². The fourth-order valence-corrected chi connectivity index (χ4v) is 4.91. The number of carbonyl (C=O) groups excluding carboxylic acids is 2. The van der Waals surface area contributed by atoms with Crippen molar-refractivity contribution in [1.82, 2.24) is 15.6 Å². The summed E-state index contributed by atoms with van der Waals surface area (Å²) in [5.41, 5.74) is 3.65. The molecular weight excluding hydrogens is 508 g/mol. The van der Waals surface area contributed by atoms with E-state index in [2.05, 4.69) is 15.6 Å². The van der Waals surface area contributed by atoms with Crippen LogP contribution < -0.4 is 29.7 Å². The molecule has 9 heteroatoms. The van der Waals surface area contributed by atoms with E-state index in [4.69, 9.17) is 14.2 Å². The second-order valence-corrected chi connectivity index (χ2v) is 9.70. The highest BCUT2D eigenvalue weighted by molar-refractivity contribution is 6.06. The first-order chi connectivity index (χ1) is 19.5. The van der Waals surface area contributed by atoms with Crippen LogP contribution in [0, 0.1) is 0 Å². The minimum absolute atomic E-state index is 0.0692. The van der Waals surface area contributed by atoms with Crippen LogP contribution in [0.25, 0.3) is 0 Å². The Morgan fingerprint density at radius 3 is 2.27 bits per heavy atom. The molecule has 0 saturated heterocycles. The Morgan fingerprint density at radius 2 is 1.57 bits per heavy atom. The quantitative estimate of drug-likeness (QED) is 0.441. The Balaban J connectivity index is 1.59. The number of fused-ring (bicyclic) bond motifs is 1. The molecule has 0 bridgehead atoms. The molecule has 1 aliphatic heterocycles. The average molecular weight is 547 g/mol. The molecule has 212 valence electrons. The topological polar surface area (TPSA) is 102 Å². The number of nitrogens with zero attached hydrogens (tertiary/aromatic N) is 2. The molecular formula is C31H38N4O5. The van der Waals surface area contributed by atoms with Gasteiger partial charge in [0, 0.05) is 48.8 Å². The Hall–Kier alpha value is -4.11. The molecule has 2 amide bonds. The van der Waals surface area contributed by atoms with Gasteiger partial charge in [0.1, 0.15) is 0 Å². The standard InChI is InChI=1S/C31H38N4O5/c1-38-27-17-22(18-28(39-2)29(27)40-3)20-34-30(36)24-9-10-26-25(19-24)21-33-13-7-5-4-6-8-16-35(26)31(37)23-11-14-32-15-12-23/h9-12,14-15,17-19,33H,4-8,13,16,20-21H2,1-3H3,(H,34,36). The van der Waals surface area contributed by atoms with Gasteiger partial charge in [0.05, 0.1) is 21.3 Å². The van der Waals surface area contributed by atoms with Gasteiger partial charge < -0.3 is 29.7 Å². The highest BCUT2D eigenvalue weighted by atomic mass is 16.5. The number of rotatable bonds is 7. The summed E-state index contributed by atoms with van der Waals surface area (Å²) >= 11 is 0. The zero-order chi connectivity index (χ0) is 28.3. The summed E-state index contributed by atoms with van der Waals surface area (Å²) in [5, 5.41) is 6.49. The number of amides is 2. The van der Waals surface area contributed by atoms with E-state index in [1.54, 1.807) is 51.9 Å². The summed E-state index contributed by atoms with van der Waals surface area (Å²) in [6.07, 6.45) is 8.65. The monoisotopic (exact) mass is 546 g/mol. The molecule has 2 N–H and O–H groups in total. The van der Waals surface area contributed by atoms with Gasteiger partial charge in [-0.05, 0) is 73.0 Å². The van der Waals surface area contributed by atoms with Crippen LogP contribution in [0.15, 0.2) is 54.9 Å². The van der Waals surface area contributed by atoms with Crippen molar-refractivity contribution in [2.75, 3.05) is 39.3 Å². The number of pyridine rings is 1. The summed E-state index contributed by atoms with van der Waals surface area (Å²) in [4.78, 5) is 32.7. The first-order valence-electron chi connectivity index (χ1n) is 13.7. The number of hydrogen-bond donors (Lipinski definition) is 2. The van der Waals surface area contributed by atoms with E-state index in [1.165, 1.54) is 0 Å². The van der Waals surface area contributed by atoms with Crippen LogP contribution in [0.1, 0.15) is 63.9 Å². The lowest BCUT2D eigenvalue weighted by molar-refractivity contribution is 0.0949. The van der Waals surface area contributed by atoms with Gasteiger partial charge >= 0.3 is 0 Å². The number of ether oxygens (including phenoxy) is 3. The van der Waals surface area contributed by atoms with Crippen LogP contribution in [-0.4, -0.2) is 51.2 Å². The highest BCUT2D eigenvalue weighted by Gasteiger charge is 2.22. The van der Waals surface area contributed by atoms with Gasteiger partial charge in [-0.25, -0.2) is 0 Å². The van der Waals surface area contributed by atoms with E-state index < -0.39 is 0 Å². The van der Waals surface area contributed by atoms with E-state index >= 15 is 0 Å². The fraction of sp³-hybridized carbons (Fsp3) is 0.387. The molecule has 0 spiro atoms. The largest absolute Gasteiger partial charge is 0.493 e. The van der Waals surface area contributed by atoms with Crippen LogP contribution in [0.3, 0.4) is 0 Å². The zero-order valence-corrected chi connectivity index (χ0v) is 23.5. The normalized spacial score (nSPS) is 14.2. The summed E-state index contributed by atoms with van der Waals surface area (Å²) < 4.78 is 16.3. The van der Waals surface area contributed by atoms with Crippen molar-refractivity contribution in [3.8, 4) is 17.2 Å². The van der Waals surface area contributed by atoms with E-state index in [9.17, 15) is 9.59 Å². The second-order valence-electron chi connectivity index (χ2n) is 9.70. The number of nitrogens with one attached hydrogen (secondary N) is 2. The molecule has 0 atom stereocenters. The maximum atomic E-state index is 13.6. The predicted octanol–water partition coefficient (Wildman–Crippen LogP) is 4.74. The van der Waals surface area contributed by atoms with Gasteiger partial charge in [-0.3, -0.25) is 14.6 Å². The Labute approximate surface area is 235 Å². The van der Waals surface area contributed by atoms with Gasteiger partial charge in [-0.2, -0.15) is 0 Å². The maximum Gasteiger partial charge on any atom is 0.258 e. The van der Waals surface area contributed by atoms with E-state index in [0.29, 0.717) is 41.5 Å². The summed E-state index contributed by atoms with van der Waals surface area (Å²) in [5.74, 6) is 1.26. The third-order valence-electron chi connectivity index (χ3n) is 7.03. The summed E-state index contributed by atoms with van der Waals surface area (Å²) in [7, 11) is 4.67. The Bertz CT molecular complexity index is 1270. The molecule has 1 aliphatic rings. The lowest BCUT2D eigenvalue weighted by atomic mass is 10.0. The first-order valence-corrected chi connectivity index (χ1v) is 13.7. The predicted molar refractivity (Wildman–Crippen MR) is 154 cm³/mol. The van der Waals surface area contributed by atoms with Crippen molar-refractivity contribution in [2.45, 2.75) is 45.2 Å². The summed E-state index contributed by atoms with van der Waals surface area (Å²) in [6, 6.07) is 12.6. The molecule has 4 rings (SSSR count). The molecule has 1 aromatic heterocycles. The van der Waals surface area contributed by atoms with Crippen LogP contribution in [0.5, 0.6) is 17.2 Å². The van der Waals surface area contributed by atoms with Crippen LogP contribution in [0.2, 0.25) is 0 Å². The Kier molecular flexibility index (Phi) is 10.3. The minimum Gasteiger partial charge on any atom is -0.493 e. The Morgan fingerprint density at radius 1 is 0.875 bits per heavy atom. The van der Waals surface area contributed by atoms with E-state index in [1.807, 2.05) is 29.2 Å². The lowest BCUT2D eigenvalue weighted by Crippen LogP contribution is -2.34. The van der Waals surface area contributed by atoms with Crippen molar-refractivity contribution >= 4 is 17.5 Å². The van der Waals surface area contributed by atoms with Crippen LogP contribution >= 0.6 is 0 Å². The first kappa shape index (κ1) is 28.9. The third-order valence-corrected chi connectivity index (χ3v) is 7.03. The summed E-state index contributed by atoms with van der Waals surface area (Å²) in [6.45, 7) is 2.33. The number of methoxy groups -OCH3 is 3. The maximum absolute atomic E-state index is 13.6. The molecule has 0 unspecified atom stereocenters. The molecule has 0 fully saturated rings. The van der Waals surface area contributed by atoms with Crippen molar-refractivity contribution in [3.63, 3.8) is 0 Å². The molecule has 3 aromatic rings. The van der Waals surface area contributed by atoms with Crippen LogP contribution in [0.4, 0.5) is 5.69 Å². The average Bonchev–Trinajstić information content (AvgIpc) is 2.99. The van der Waals surface area contributed by atoms with E-state index in [0.717, 1.165) is 55.5 Å². The highest BCUT2D eigenvalue weighted by Crippen LogP contribution is 2.38. The molecule has 0 radical (unpaired) electrons. The third kappa shape index (κ3) is 7.09.